The van der Waals surface area contributed by atoms with Gasteiger partial charge in [-0.2, -0.15) is 13.2 Å². The van der Waals surface area contributed by atoms with E-state index in [-0.39, 0.29) is 17.1 Å². The molecule has 0 spiro atoms. The van der Waals surface area contributed by atoms with Crippen LogP contribution in [0.5, 0.6) is 0 Å². The summed E-state index contributed by atoms with van der Waals surface area (Å²) in [5, 5.41) is 2.69. The maximum atomic E-state index is 14.3. The topological polar surface area (TPSA) is 196 Å². The lowest BCUT2D eigenvalue weighted by Gasteiger charge is -2.39. The first-order valence-electron chi connectivity index (χ1n) is 12.1. The molecule has 1 fully saturated rings. The number of pyridine rings is 2. The zero-order valence-electron chi connectivity index (χ0n) is 21.9. The van der Waals surface area contributed by atoms with Crippen LogP contribution in [0.15, 0.2) is 65.8 Å². The number of anilines is 1. The fraction of sp³-hybridized carbons (Fsp3) is 0.231. The zero-order chi connectivity index (χ0) is 31.2. The number of amides is 5. The molecular weight excluding hydrogens is 581 g/mol. The molecule has 16 heteroatoms. The Balaban J connectivity index is 1.86. The van der Waals surface area contributed by atoms with Crippen LogP contribution in [0.4, 0.5) is 23.7 Å². The summed E-state index contributed by atoms with van der Waals surface area (Å²) in [5.74, 6) is -4.34. The zero-order valence-corrected chi connectivity index (χ0v) is 22.7. The number of alkyl halides is 3. The minimum atomic E-state index is -5.68. The van der Waals surface area contributed by atoms with Gasteiger partial charge in [0.2, 0.25) is 0 Å². The molecule has 3 heterocycles. The van der Waals surface area contributed by atoms with Crippen LogP contribution >= 0.6 is 0 Å². The van der Waals surface area contributed by atoms with Crippen molar-refractivity contribution in [1.82, 2.24) is 15.3 Å². The van der Waals surface area contributed by atoms with E-state index in [0.717, 1.165) is 12.1 Å². The summed E-state index contributed by atoms with van der Waals surface area (Å²) in [6, 6.07) is 7.82. The number of hydrogen-bond donors (Lipinski definition) is 3. The number of halogens is 3. The van der Waals surface area contributed by atoms with E-state index in [4.69, 9.17) is 11.5 Å². The molecule has 0 bridgehead atoms. The van der Waals surface area contributed by atoms with Gasteiger partial charge < -0.3 is 16.8 Å². The Morgan fingerprint density at radius 2 is 1.33 bits per heavy atom. The lowest BCUT2D eigenvalue weighted by Crippen LogP contribution is -2.55. The number of carbonyl (C=O) groups excluding carboxylic acids is 4. The fourth-order valence-electron chi connectivity index (χ4n) is 4.90. The Kier molecular flexibility index (Phi) is 7.54. The Bertz CT molecular complexity index is 1650. The number of sulfone groups is 1. The molecule has 1 saturated heterocycles. The highest BCUT2D eigenvalue weighted by Gasteiger charge is 2.59. The molecule has 2 unspecified atom stereocenters. The van der Waals surface area contributed by atoms with Crippen molar-refractivity contribution < 1.29 is 40.8 Å². The summed E-state index contributed by atoms with van der Waals surface area (Å²) in [6.07, 6.45) is 2.58. The second-order valence-corrected chi connectivity index (χ2v) is 11.4. The molecule has 0 radical (unpaired) electrons. The molecule has 42 heavy (non-hydrogen) atoms. The Hall–Kier alpha value is -4.86. The van der Waals surface area contributed by atoms with E-state index in [1.807, 2.05) is 0 Å². The maximum Gasteiger partial charge on any atom is 0.501 e. The quantitative estimate of drug-likeness (QED) is 0.326. The summed E-state index contributed by atoms with van der Waals surface area (Å²) in [5.41, 5.74) is 3.68. The molecule has 12 nitrogen and oxygen atoms in total. The van der Waals surface area contributed by atoms with E-state index in [1.54, 1.807) is 13.8 Å². The highest BCUT2D eigenvalue weighted by Crippen LogP contribution is 2.45. The average Bonchev–Trinajstić information content (AvgIpc) is 3.22. The SMILES string of the molecule is CC(c1ccnc(C(N)=O)c1)C1(C(C)c2ccnc(C(N)=O)c2)NC(=O)N(c2ccc(S(=O)(=O)C(F)(F)F)cc2)C1=O. The molecule has 5 amide bonds. The Labute approximate surface area is 236 Å². The molecule has 0 aliphatic carbocycles. The highest BCUT2D eigenvalue weighted by molar-refractivity contribution is 7.92. The summed E-state index contributed by atoms with van der Waals surface area (Å²) in [7, 11) is -5.68. The molecule has 2 atom stereocenters. The van der Waals surface area contributed by atoms with Crippen molar-refractivity contribution in [3.63, 3.8) is 0 Å². The summed E-state index contributed by atoms with van der Waals surface area (Å²) < 4.78 is 62.7. The first-order chi connectivity index (χ1) is 19.5. The molecule has 4 rings (SSSR count). The number of nitrogens with two attached hydrogens (primary N) is 2. The van der Waals surface area contributed by atoms with Crippen molar-refractivity contribution in [3.8, 4) is 0 Å². The number of nitrogens with zero attached hydrogens (tertiary/aromatic N) is 3. The van der Waals surface area contributed by atoms with Crippen molar-refractivity contribution in [1.29, 1.82) is 0 Å². The van der Waals surface area contributed by atoms with Gasteiger partial charge in [-0.05, 0) is 59.7 Å². The van der Waals surface area contributed by atoms with Gasteiger partial charge in [0, 0.05) is 24.2 Å². The van der Waals surface area contributed by atoms with Crippen LogP contribution in [-0.4, -0.2) is 53.2 Å². The number of primary amides is 2. The standard InChI is InChI=1S/C26H23F3N6O6S/c1-13(15-7-9-32-19(11-15)21(30)36)25(14(2)16-8-10-33-20(12-16)22(31)37)23(38)35(24(39)34-25)17-3-5-18(6-4-17)42(40,41)26(27,28)29/h3-14H,1-2H3,(H2,30,36)(H2,31,37)(H,34,39). The number of carbonyl (C=O) groups is 4. The van der Waals surface area contributed by atoms with Crippen molar-refractivity contribution in [3.05, 3.63) is 83.4 Å². The third-order valence-electron chi connectivity index (χ3n) is 7.22. The molecule has 5 N–H and O–H groups in total. The third-order valence-corrected chi connectivity index (χ3v) is 8.72. The molecule has 1 aromatic carbocycles. The van der Waals surface area contributed by atoms with Crippen LogP contribution in [0.3, 0.4) is 0 Å². The number of nitrogens with one attached hydrogen (secondary N) is 1. The van der Waals surface area contributed by atoms with Gasteiger partial charge in [-0.15, -0.1) is 0 Å². The Morgan fingerprint density at radius 3 is 1.74 bits per heavy atom. The first-order valence-corrected chi connectivity index (χ1v) is 13.6. The van der Waals surface area contributed by atoms with Gasteiger partial charge in [0.1, 0.15) is 16.9 Å². The van der Waals surface area contributed by atoms with E-state index in [0.29, 0.717) is 28.2 Å². The molecule has 220 valence electrons. The number of benzene rings is 1. The fourth-order valence-corrected chi connectivity index (χ4v) is 5.66. The lowest BCUT2D eigenvalue weighted by atomic mass is 9.69. The molecule has 0 saturated carbocycles. The monoisotopic (exact) mass is 604 g/mol. The van der Waals surface area contributed by atoms with Crippen molar-refractivity contribution in [2.24, 2.45) is 11.5 Å². The highest BCUT2D eigenvalue weighted by atomic mass is 32.2. The smallest absolute Gasteiger partial charge is 0.364 e. The van der Waals surface area contributed by atoms with Crippen LogP contribution in [-0.2, 0) is 14.6 Å². The van der Waals surface area contributed by atoms with Crippen LogP contribution in [0, 0.1) is 0 Å². The van der Waals surface area contributed by atoms with Gasteiger partial charge in [0.05, 0.1) is 10.6 Å². The third kappa shape index (κ3) is 4.93. The van der Waals surface area contributed by atoms with E-state index in [2.05, 4.69) is 15.3 Å². The van der Waals surface area contributed by atoms with Crippen molar-refractivity contribution in [2.45, 2.75) is 41.6 Å². The van der Waals surface area contributed by atoms with Gasteiger partial charge in [0.25, 0.3) is 27.6 Å². The maximum absolute atomic E-state index is 14.3. The number of imide groups is 1. The number of hydrogen-bond acceptors (Lipinski definition) is 8. The van der Waals surface area contributed by atoms with Crippen molar-refractivity contribution >= 4 is 39.3 Å². The lowest BCUT2D eigenvalue weighted by molar-refractivity contribution is -0.123. The minimum Gasteiger partial charge on any atom is -0.364 e. The van der Waals surface area contributed by atoms with Crippen LogP contribution in [0.25, 0.3) is 0 Å². The van der Waals surface area contributed by atoms with E-state index >= 15 is 0 Å². The Morgan fingerprint density at radius 1 is 0.881 bits per heavy atom. The largest absolute Gasteiger partial charge is 0.501 e. The van der Waals surface area contributed by atoms with Crippen LogP contribution < -0.4 is 21.7 Å². The first kappa shape index (κ1) is 30.1. The van der Waals surface area contributed by atoms with Gasteiger partial charge >= 0.3 is 11.5 Å². The van der Waals surface area contributed by atoms with E-state index < -0.39 is 61.4 Å². The minimum absolute atomic E-state index is 0.114. The second kappa shape index (κ2) is 10.5. The summed E-state index contributed by atoms with van der Waals surface area (Å²) >= 11 is 0. The molecule has 2 aromatic heterocycles. The summed E-state index contributed by atoms with van der Waals surface area (Å²) in [4.78, 5) is 58.7. The van der Waals surface area contributed by atoms with E-state index in [9.17, 15) is 40.8 Å². The number of rotatable bonds is 8. The normalized spacial score (nSPS) is 18.8. The second-order valence-electron chi connectivity index (χ2n) is 9.50. The number of aromatic nitrogens is 2. The van der Waals surface area contributed by atoms with Crippen molar-refractivity contribution in [2.75, 3.05) is 4.90 Å². The van der Waals surface area contributed by atoms with Crippen LogP contribution in [0.1, 0.15) is 57.8 Å². The number of urea groups is 1. The van der Waals surface area contributed by atoms with Gasteiger partial charge in [-0.1, -0.05) is 13.8 Å². The van der Waals surface area contributed by atoms with Gasteiger partial charge in [0.15, 0.2) is 0 Å². The molecule has 3 aromatic rings. The molecule has 1 aliphatic heterocycles. The predicted octanol–water partition coefficient (Wildman–Crippen LogP) is 2.37. The van der Waals surface area contributed by atoms with E-state index in [1.165, 1.54) is 36.7 Å². The van der Waals surface area contributed by atoms with Crippen LogP contribution in [0.2, 0.25) is 0 Å². The summed E-state index contributed by atoms with van der Waals surface area (Å²) in [6.45, 7) is 3.18. The van der Waals surface area contributed by atoms with Gasteiger partial charge in [-0.3, -0.25) is 24.4 Å². The molecule has 1 aliphatic rings. The predicted molar refractivity (Wildman–Crippen MR) is 141 cm³/mol. The average molecular weight is 605 g/mol. The van der Waals surface area contributed by atoms with Gasteiger partial charge in [-0.25, -0.2) is 18.1 Å². The molecular formula is C26H23F3N6O6S.